The highest BCUT2D eigenvalue weighted by molar-refractivity contribution is 6.31. The Balaban J connectivity index is 0.745. The van der Waals surface area contributed by atoms with Crippen LogP contribution in [0.3, 0.4) is 0 Å². The van der Waals surface area contributed by atoms with Crippen molar-refractivity contribution < 1.29 is 23.6 Å². The van der Waals surface area contributed by atoms with E-state index in [1.807, 2.05) is 23.1 Å². The standard InChI is InChI=1S/C50H60Cl2FN7O4/c51-35-7-9-38-40(29-35)55-48(64)50(38)43(37-5-4-6-39(52)44(37)53)45(57-49(50)18-2-1-3-19-49)47(63)60-25-14-32(15-26-60)27-31-12-21-58(22-13-31)30-33-16-23-59(24-17-33)41-28-34(11-20-54-41)36-8-10-42(61)56-46(36)62/h4-7,9,11,20,28-29,31-33,36,43,45,57H,1-3,8,10,12-19,21-27,30H2,(H,55,64)(H,56,61,62)/t36?,43?,45?,50-/m1/s1. The Bertz CT molecular complexity index is 2280. The van der Waals surface area contributed by atoms with E-state index in [1.54, 1.807) is 30.5 Å². The quantitative estimate of drug-likeness (QED) is 0.195. The van der Waals surface area contributed by atoms with Crippen LogP contribution in [0, 0.1) is 23.6 Å². The zero-order valence-corrected chi connectivity index (χ0v) is 38.1. The maximum absolute atomic E-state index is 16.4. The van der Waals surface area contributed by atoms with Gasteiger partial charge in [-0.2, -0.15) is 0 Å². The maximum Gasteiger partial charge on any atom is 0.240 e. The predicted molar refractivity (Wildman–Crippen MR) is 246 cm³/mol. The highest BCUT2D eigenvalue weighted by Gasteiger charge is 2.72. The lowest BCUT2D eigenvalue weighted by Crippen LogP contribution is -2.60. The average Bonchev–Trinajstić information content (AvgIpc) is 3.75. The van der Waals surface area contributed by atoms with Crippen LogP contribution in [0.25, 0.3) is 0 Å². The van der Waals surface area contributed by atoms with E-state index in [1.165, 1.54) is 25.3 Å². The van der Waals surface area contributed by atoms with Gasteiger partial charge in [0.15, 0.2) is 0 Å². The number of anilines is 2. The molecule has 2 aromatic carbocycles. The monoisotopic (exact) mass is 911 g/mol. The van der Waals surface area contributed by atoms with Gasteiger partial charge in [0.05, 0.1) is 17.0 Å². The first-order valence-corrected chi connectivity index (χ1v) is 24.7. The zero-order chi connectivity index (χ0) is 44.2. The highest BCUT2D eigenvalue weighted by Crippen LogP contribution is 2.63. The molecule has 14 heteroatoms. The number of hydrogen-bond acceptors (Lipinski definition) is 8. The van der Waals surface area contributed by atoms with Crippen molar-refractivity contribution in [2.24, 2.45) is 17.8 Å². The minimum Gasteiger partial charge on any atom is -0.357 e. The molecule has 3 unspecified atom stereocenters. The van der Waals surface area contributed by atoms with E-state index < -0.39 is 28.7 Å². The number of carbonyl (C=O) groups excluding carboxylic acids is 4. The molecule has 0 bridgehead atoms. The van der Waals surface area contributed by atoms with Crippen molar-refractivity contribution in [1.29, 1.82) is 0 Å². The summed E-state index contributed by atoms with van der Waals surface area (Å²) in [6.07, 6.45) is 14.7. The van der Waals surface area contributed by atoms with Crippen molar-refractivity contribution in [1.82, 2.24) is 25.4 Å². The highest BCUT2D eigenvalue weighted by atomic mass is 35.5. The first kappa shape index (κ1) is 43.8. The number of imide groups is 1. The summed E-state index contributed by atoms with van der Waals surface area (Å²) in [5, 5.41) is 9.93. The van der Waals surface area contributed by atoms with E-state index >= 15 is 9.18 Å². The normalized spacial score (nSPS) is 28.2. The van der Waals surface area contributed by atoms with Gasteiger partial charge in [0.25, 0.3) is 0 Å². The summed E-state index contributed by atoms with van der Waals surface area (Å²) in [7, 11) is 0. The number of rotatable bonds is 8. The molecular formula is C50H60Cl2FN7O4. The van der Waals surface area contributed by atoms with E-state index in [4.69, 9.17) is 23.2 Å². The Labute approximate surface area is 385 Å². The van der Waals surface area contributed by atoms with Crippen LogP contribution in [0.15, 0.2) is 54.7 Å². The fourth-order valence-corrected chi connectivity index (χ4v) is 13.6. The fraction of sp³-hybridized carbons (Fsp3) is 0.580. The van der Waals surface area contributed by atoms with Gasteiger partial charge in [-0.15, -0.1) is 0 Å². The molecular weight excluding hydrogens is 852 g/mol. The number of carbonyl (C=O) groups is 4. The van der Waals surface area contributed by atoms with Crippen molar-refractivity contribution in [3.05, 3.63) is 87.3 Å². The summed E-state index contributed by atoms with van der Waals surface area (Å²) in [6, 6.07) is 13.6. The Hall–Kier alpha value is -4.10. The topological polar surface area (TPSA) is 127 Å². The second kappa shape index (κ2) is 17.9. The Morgan fingerprint density at radius 3 is 2.27 bits per heavy atom. The number of fused-ring (bicyclic) bond motifs is 3. The largest absolute Gasteiger partial charge is 0.357 e. The van der Waals surface area contributed by atoms with Gasteiger partial charge < -0.3 is 20.0 Å². The third kappa shape index (κ3) is 7.91. The number of piperidine rings is 4. The van der Waals surface area contributed by atoms with Crippen LogP contribution in [0.5, 0.6) is 0 Å². The van der Waals surface area contributed by atoms with Crippen LogP contribution < -0.4 is 20.9 Å². The molecule has 4 atom stereocenters. The predicted octanol–water partition coefficient (Wildman–Crippen LogP) is 7.95. The van der Waals surface area contributed by atoms with Crippen LogP contribution in [0.4, 0.5) is 15.9 Å². The lowest BCUT2D eigenvalue weighted by atomic mass is 9.55. The third-order valence-corrected chi connectivity index (χ3v) is 17.0. The van der Waals surface area contributed by atoms with Crippen LogP contribution in [-0.4, -0.2) is 95.8 Å². The molecule has 3 N–H and O–H groups in total. The molecule has 5 saturated heterocycles. The summed E-state index contributed by atoms with van der Waals surface area (Å²) in [6.45, 7) is 6.58. The van der Waals surface area contributed by atoms with Gasteiger partial charge >= 0.3 is 0 Å². The summed E-state index contributed by atoms with van der Waals surface area (Å²) in [4.78, 5) is 65.6. The summed E-state index contributed by atoms with van der Waals surface area (Å²) >= 11 is 12.9. The molecule has 64 heavy (non-hydrogen) atoms. The van der Waals surface area contributed by atoms with Crippen LogP contribution >= 0.6 is 23.2 Å². The molecule has 11 nitrogen and oxygen atoms in total. The van der Waals surface area contributed by atoms with Gasteiger partial charge in [0.2, 0.25) is 23.6 Å². The number of benzene rings is 2. The van der Waals surface area contributed by atoms with Crippen molar-refractivity contribution in [3.63, 3.8) is 0 Å². The molecule has 6 aliphatic heterocycles. The van der Waals surface area contributed by atoms with Gasteiger partial charge in [0.1, 0.15) is 17.1 Å². The molecule has 4 amide bonds. The van der Waals surface area contributed by atoms with Crippen molar-refractivity contribution >= 4 is 58.3 Å². The van der Waals surface area contributed by atoms with Crippen molar-refractivity contribution in [2.75, 3.05) is 56.0 Å². The van der Waals surface area contributed by atoms with Crippen molar-refractivity contribution in [2.45, 2.75) is 119 Å². The number of amides is 4. The Morgan fingerprint density at radius 2 is 1.53 bits per heavy atom. The molecule has 1 aliphatic carbocycles. The minimum atomic E-state index is -1.23. The lowest BCUT2D eigenvalue weighted by molar-refractivity contribution is -0.136. The molecule has 7 heterocycles. The van der Waals surface area contributed by atoms with E-state index in [2.05, 4.69) is 30.7 Å². The number of aromatic nitrogens is 1. The van der Waals surface area contributed by atoms with E-state index in [9.17, 15) is 14.4 Å². The summed E-state index contributed by atoms with van der Waals surface area (Å²) < 4.78 is 16.4. The molecule has 7 aliphatic rings. The van der Waals surface area contributed by atoms with E-state index in [0.717, 1.165) is 94.6 Å². The fourth-order valence-electron chi connectivity index (χ4n) is 13.2. The SMILES string of the molecule is O=C1CCC(c2ccnc(N3CCC(CN4CCC(CC5CCN(C(=O)C6NC7(CCCCC7)[C@@]7(C(=O)Nc8cc(Cl)ccc87)C6c6cccc(Cl)c6F)CC5)CC4)CC3)c2)C(=O)N1. The smallest absolute Gasteiger partial charge is 0.240 e. The maximum atomic E-state index is 16.4. The molecule has 1 aromatic heterocycles. The summed E-state index contributed by atoms with van der Waals surface area (Å²) in [5.41, 5.74) is 0.662. The minimum absolute atomic E-state index is 0.0172. The third-order valence-electron chi connectivity index (χ3n) is 16.5. The number of nitrogens with zero attached hydrogens (tertiary/aromatic N) is 4. The number of nitrogens with one attached hydrogen (secondary N) is 3. The van der Waals surface area contributed by atoms with Crippen LogP contribution in [0.1, 0.15) is 118 Å². The van der Waals surface area contributed by atoms with Gasteiger partial charge in [-0.3, -0.25) is 29.8 Å². The first-order chi connectivity index (χ1) is 31.0. The van der Waals surface area contributed by atoms with E-state index in [-0.39, 0.29) is 34.6 Å². The Morgan fingerprint density at radius 1 is 0.812 bits per heavy atom. The number of hydrogen-bond donors (Lipinski definition) is 3. The lowest BCUT2D eigenvalue weighted by Gasteiger charge is -2.47. The zero-order valence-electron chi connectivity index (χ0n) is 36.6. The van der Waals surface area contributed by atoms with Gasteiger partial charge in [-0.05, 0) is 142 Å². The van der Waals surface area contributed by atoms with Crippen molar-refractivity contribution in [3.8, 4) is 0 Å². The van der Waals surface area contributed by atoms with Gasteiger partial charge in [0, 0.05) is 67.5 Å². The average molecular weight is 913 g/mol. The second-order valence-electron chi connectivity index (χ2n) is 20.0. The van der Waals surface area contributed by atoms with Crippen LogP contribution in [-0.2, 0) is 24.6 Å². The number of halogens is 3. The molecule has 3 aromatic rings. The summed E-state index contributed by atoms with van der Waals surface area (Å²) in [5.74, 6) is 0.439. The molecule has 1 saturated carbocycles. The first-order valence-electron chi connectivity index (χ1n) is 23.9. The molecule has 0 radical (unpaired) electrons. The van der Waals surface area contributed by atoms with E-state index in [0.29, 0.717) is 72.8 Å². The molecule has 10 rings (SSSR count). The second-order valence-corrected chi connectivity index (χ2v) is 20.8. The van der Waals surface area contributed by atoms with Gasteiger partial charge in [-0.25, -0.2) is 9.37 Å². The van der Waals surface area contributed by atoms with Crippen LogP contribution in [0.2, 0.25) is 10.0 Å². The molecule has 6 fully saturated rings. The number of pyridine rings is 1. The Kier molecular flexibility index (Phi) is 12.3. The van der Waals surface area contributed by atoms with Gasteiger partial charge in [-0.1, -0.05) is 60.7 Å². The molecule has 2 spiro atoms. The number of likely N-dealkylation sites (tertiary alicyclic amines) is 2. The molecule has 340 valence electrons.